The lowest BCUT2D eigenvalue weighted by Crippen LogP contribution is -2.26. The van der Waals surface area contributed by atoms with Gasteiger partial charge in [0.25, 0.3) is 0 Å². The number of carbonyl (C=O) groups is 1. The quantitative estimate of drug-likeness (QED) is 0.752. The van der Waals surface area contributed by atoms with Crippen LogP contribution in [0.25, 0.3) is 0 Å². The van der Waals surface area contributed by atoms with E-state index in [4.69, 9.17) is 14.2 Å². The third-order valence-electron chi connectivity index (χ3n) is 3.68. The lowest BCUT2D eigenvalue weighted by Gasteiger charge is -2.13. The van der Waals surface area contributed by atoms with Crippen LogP contribution in [0.4, 0.5) is 0 Å². The van der Waals surface area contributed by atoms with Gasteiger partial charge in [-0.3, -0.25) is 0 Å². The Labute approximate surface area is 150 Å². The first-order valence-electron chi connectivity index (χ1n) is 7.77. The van der Waals surface area contributed by atoms with E-state index in [9.17, 15) is 18.3 Å². The van der Waals surface area contributed by atoms with E-state index in [1.807, 2.05) is 0 Å². The normalized spacial score (nSPS) is 12.8. The van der Waals surface area contributed by atoms with Crippen molar-refractivity contribution in [3.63, 3.8) is 0 Å². The van der Waals surface area contributed by atoms with Gasteiger partial charge in [-0.1, -0.05) is 6.07 Å². The zero-order valence-electron chi connectivity index (χ0n) is 13.9. The molecule has 8 nitrogen and oxygen atoms in total. The molecule has 0 aliphatic carbocycles. The monoisotopic (exact) mass is 378 g/mol. The minimum Gasteiger partial charge on any atom is -0.545 e. The van der Waals surface area contributed by atoms with Gasteiger partial charge in [0, 0.05) is 12.1 Å². The van der Waals surface area contributed by atoms with E-state index >= 15 is 0 Å². The van der Waals surface area contributed by atoms with Crippen LogP contribution in [0, 0.1) is 0 Å². The Kier molecular flexibility index (Phi) is 5.01. The van der Waals surface area contributed by atoms with E-state index < -0.39 is 16.0 Å². The summed E-state index contributed by atoms with van der Waals surface area (Å²) < 4.78 is 43.0. The highest BCUT2D eigenvalue weighted by molar-refractivity contribution is 7.89. The second-order valence-electron chi connectivity index (χ2n) is 5.39. The first-order chi connectivity index (χ1) is 12.4. The molecule has 1 heterocycles. The topological polar surface area (TPSA) is 114 Å². The third-order valence-corrected chi connectivity index (χ3v) is 5.08. The van der Waals surface area contributed by atoms with Gasteiger partial charge in [-0.15, -0.1) is 0 Å². The van der Waals surface area contributed by atoms with Crippen LogP contribution in [-0.2, 0) is 16.6 Å². The van der Waals surface area contributed by atoms with Gasteiger partial charge in [0.05, 0.1) is 17.5 Å². The van der Waals surface area contributed by atoms with Crippen LogP contribution in [0.1, 0.15) is 22.8 Å². The number of sulfonamides is 1. The molecule has 0 atom stereocenters. The standard InChI is InChI=1S/C17H17NO7S/c1-2-23-14-6-4-12(8-13(14)17(19)20)26(21,22)18-9-11-3-5-15-16(7-11)25-10-24-15/h3-8,18H,2,9-10H2,1H3,(H,19,20)/p-1. The summed E-state index contributed by atoms with van der Waals surface area (Å²) >= 11 is 0. The molecule has 2 aromatic rings. The lowest BCUT2D eigenvalue weighted by atomic mass is 10.2. The van der Waals surface area contributed by atoms with Gasteiger partial charge in [0.1, 0.15) is 5.75 Å². The number of carboxylic acids is 1. The van der Waals surface area contributed by atoms with E-state index in [1.54, 1.807) is 25.1 Å². The highest BCUT2D eigenvalue weighted by atomic mass is 32.2. The molecule has 9 heteroatoms. The summed E-state index contributed by atoms with van der Waals surface area (Å²) in [5.74, 6) is -0.313. The van der Waals surface area contributed by atoms with Gasteiger partial charge >= 0.3 is 0 Å². The molecule has 138 valence electrons. The summed E-state index contributed by atoms with van der Waals surface area (Å²) in [6, 6.07) is 8.67. The molecule has 0 aromatic heterocycles. The molecular weight excluding hydrogens is 362 g/mol. The second-order valence-corrected chi connectivity index (χ2v) is 7.16. The maximum Gasteiger partial charge on any atom is 0.240 e. The molecule has 0 spiro atoms. The van der Waals surface area contributed by atoms with Crippen LogP contribution in [0.3, 0.4) is 0 Å². The first kappa shape index (κ1) is 18.0. The molecule has 26 heavy (non-hydrogen) atoms. The molecule has 0 radical (unpaired) electrons. The highest BCUT2D eigenvalue weighted by Gasteiger charge is 2.18. The Hall–Kier alpha value is -2.78. The zero-order chi connectivity index (χ0) is 18.7. The Morgan fingerprint density at radius 1 is 1.19 bits per heavy atom. The fourth-order valence-corrected chi connectivity index (χ4v) is 3.47. The van der Waals surface area contributed by atoms with Gasteiger partial charge < -0.3 is 24.1 Å². The minimum atomic E-state index is -3.93. The van der Waals surface area contributed by atoms with Crippen molar-refractivity contribution in [2.45, 2.75) is 18.4 Å². The van der Waals surface area contributed by atoms with E-state index in [2.05, 4.69) is 4.72 Å². The Morgan fingerprint density at radius 2 is 1.96 bits per heavy atom. The second kappa shape index (κ2) is 7.22. The number of ether oxygens (including phenoxy) is 3. The Balaban J connectivity index is 1.79. The zero-order valence-corrected chi connectivity index (χ0v) is 14.7. The molecule has 2 aromatic carbocycles. The summed E-state index contributed by atoms with van der Waals surface area (Å²) in [6.45, 7) is 2.07. The van der Waals surface area contributed by atoms with Crippen molar-refractivity contribution in [2.24, 2.45) is 0 Å². The maximum absolute atomic E-state index is 12.5. The van der Waals surface area contributed by atoms with Crippen LogP contribution in [0.2, 0.25) is 0 Å². The average Bonchev–Trinajstić information content (AvgIpc) is 3.08. The fourth-order valence-electron chi connectivity index (χ4n) is 2.43. The molecule has 0 bridgehead atoms. The van der Waals surface area contributed by atoms with Crippen molar-refractivity contribution in [3.05, 3.63) is 47.5 Å². The predicted molar refractivity (Wildman–Crippen MR) is 88.5 cm³/mol. The Bertz CT molecular complexity index is 940. The molecule has 0 fully saturated rings. The van der Waals surface area contributed by atoms with Gasteiger partial charge in [-0.2, -0.15) is 0 Å². The van der Waals surface area contributed by atoms with Crippen molar-refractivity contribution >= 4 is 16.0 Å². The van der Waals surface area contributed by atoms with Crippen molar-refractivity contribution in [3.8, 4) is 17.2 Å². The van der Waals surface area contributed by atoms with E-state index in [0.29, 0.717) is 17.1 Å². The number of nitrogens with one attached hydrogen (secondary N) is 1. The first-order valence-corrected chi connectivity index (χ1v) is 9.25. The molecule has 0 amide bonds. The Morgan fingerprint density at radius 3 is 2.69 bits per heavy atom. The molecule has 1 N–H and O–H groups in total. The minimum absolute atomic E-state index is 0.00679. The summed E-state index contributed by atoms with van der Waals surface area (Å²) in [5, 5.41) is 11.2. The summed E-state index contributed by atoms with van der Waals surface area (Å²) in [6.07, 6.45) is 0. The summed E-state index contributed by atoms with van der Waals surface area (Å²) in [7, 11) is -3.93. The lowest BCUT2D eigenvalue weighted by molar-refractivity contribution is -0.255. The fraction of sp³-hybridized carbons (Fsp3) is 0.235. The molecule has 1 aliphatic heterocycles. The van der Waals surface area contributed by atoms with Gasteiger partial charge in [-0.25, -0.2) is 13.1 Å². The average molecular weight is 378 g/mol. The predicted octanol–water partition coefficient (Wildman–Crippen LogP) is 0.656. The van der Waals surface area contributed by atoms with Crippen molar-refractivity contribution in [2.75, 3.05) is 13.4 Å². The number of aromatic carboxylic acids is 1. The number of hydrogen-bond acceptors (Lipinski definition) is 7. The van der Waals surface area contributed by atoms with Crippen LogP contribution in [-0.4, -0.2) is 27.8 Å². The van der Waals surface area contributed by atoms with E-state index in [-0.39, 0.29) is 36.2 Å². The highest BCUT2D eigenvalue weighted by Crippen LogP contribution is 2.32. The van der Waals surface area contributed by atoms with Crippen molar-refractivity contribution in [1.82, 2.24) is 4.72 Å². The summed E-state index contributed by atoms with van der Waals surface area (Å²) in [4.78, 5) is 11.0. The SMILES string of the molecule is CCOc1ccc(S(=O)(=O)NCc2ccc3c(c2)OCO3)cc1C(=O)[O-]. The van der Waals surface area contributed by atoms with E-state index in [1.165, 1.54) is 12.1 Å². The number of rotatable bonds is 7. The molecule has 0 unspecified atom stereocenters. The number of carbonyl (C=O) groups excluding carboxylic acids is 1. The van der Waals surface area contributed by atoms with Crippen LogP contribution < -0.4 is 24.0 Å². The van der Waals surface area contributed by atoms with Gasteiger partial charge in [0.2, 0.25) is 16.8 Å². The van der Waals surface area contributed by atoms with Crippen LogP contribution in [0.5, 0.6) is 17.2 Å². The number of carboxylic acid groups (broad SMARTS) is 1. The maximum atomic E-state index is 12.5. The molecular formula is C17H16NO7S-. The van der Waals surface area contributed by atoms with Gasteiger partial charge in [-0.05, 0) is 42.8 Å². The van der Waals surface area contributed by atoms with E-state index in [0.717, 1.165) is 6.07 Å². The summed E-state index contributed by atoms with van der Waals surface area (Å²) in [5.41, 5.74) is 0.349. The van der Waals surface area contributed by atoms with Crippen LogP contribution in [0.15, 0.2) is 41.3 Å². The number of hydrogen-bond donors (Lipinski definition) is 1. The number of benzene rings is 2. The molecule has 1 aliphatic rings. The molecule has 3 rings (SSSR count). The number of fused-ring (bicyclic) bond motifs is 1. The van der Waals surface area contributed by atoms with Crippen LogP contribution >= 0.6 is 0 Å². The largest absolute Gasteiger partial charge is 0.545 e. The molecule has 0 saturated heterocycles. The third kappa shape index (κ3) is 3.73. The van der Waals surface area contributed by atoms with Crippen molar-refractivity contribution < 1.29 is 32.5 Å². The van der Waals surface area contributed by atoms with Gasteiger partial charge in [0.15, 0.2) is 11.5 Å². The van der Waals surface area contributed by atoms with Crippen molar-refractivity contribution in [1.29, 1.82) is 0 Å². The smallest absolute Gasteiger partial charge is 0.240 e. The molecule has 0 saturated carbocycles.